The van der Waals surface area contributed by atoms with E-state index in [-0.39, 0.29) is 0 Å². The number of aliphatic hydroxyl groups is 1. The summed E-state index contributed by atoms with van der Waals surface area (Å²) < 4.78 is 1.79. The maximum atomic E-state index is 10.5. The summed E-state index contributed by atoms with van der Waals surface area (Å²) >= 11 is 6.36. The van der Waals surface area contributed by atoms with E-state index < -0.39 is 6.10 Å². The Bertz CT molecular complexity index is 663. The average Bonchev–Trinajstić information content (AvgIpc) is 3.05. The molecule has 0 radical (unpaired) electrons. The minimum absolute atomic E-state index is 0.501. The van der Waals surface area contributed by atoms with Gasteiger partial charge in [-0.1, -0.05) is 36.7 Å². The van der Waals surface area contributed by atoms with Crippen molar-refractivity contribution in [1.82, 2.24) is 9.78 Å². The number of hydrogen-bond donors (Lipinski definition) is 1. The molecule has 0 aliphatic heterocycles. The third-order valence-electron chi connectivity index (χ3n) is 4.40. The standard InChI is InChI=1S/C17H21ClN2O/c1-3-14-17(18)15(20(2)19-14)10-16(21)13-8-7-11-5-4-6-12(11)9-13/h7-9,16,21H,3-6,10H2,1-2H3. The number of rotatable bonds is 4. The lowest BCUT2D eigenvalue weighted by Gasteiger charge is -2.13. The molecule has 3 rings (SSSR count). The van der Waals surface area contributed by atoms with Gasteiger partial charge in [-0.3, -0.25) is 4.68 Å². The van der Waals surface area contributed by atoms with Gasteiger partial charge in [0.05, 0.1) is 22.5 Å². The Kier molecular flexibility index (Phi) is 4.05. The molecule has 1 aliphatic carbocycles. The van der Waals surface area contributed by atoms with Gasteiger partial charge in [-0.25, -0.2) is 0 Å². The number of hydrogen-bond acceptors (Lipinski definition) is 2. The first kappa shape index (κ1) is 14.6. The number of nitrogens with zero attached hydrogens (tertiary/aromatic N) is 2. The summed E-state index contributed by atoms with van der Waals surface area (Å²) in [5, 5.41) is 15.6. The van der Waals surface area contributed by atoms with Crippen LogP contribution in [-0.4, -0.2) is 14.9 Å². The summed E-state index contributed by atoms with van der Waals surface area (Å²) in [7, 11) is 1.88. The van der Waals surface area contributed by atoms with Gasteiger partial charge >= 0.3 is 0 Å². The molecule has 3 nitrogen and oxygen atoms in total. The smallest absolute Gasteiger partial charge is 0.0850 e. The first-order valence-electron chi connectivity index (χ1n) is 7.60. The van der Waals surface area contributed by atoms with Crippen molar-refractivity contribution in [1.29, 1.82) is 0 Å². The highest BCUT2D eigenvalue weighted by Gasteiger charge is 2.19. The van der Waals surface area contributed by atoms with Crippen molar-refractivity contribution in [2.45, 2.75) is 45.1 Å². The molecule has 0 amide bonds. The van der Waals surface area contributed by atoms with Crippen molar-refractivity contribution in [2.75, 3.05) is 0 Å². The fraction of sp³-hybridized carbons (Fsp3) is 0.471. The molecule has 1 unspecified atom stereocenters. The van der Waals surface area contributed by atoms with Crippen LogP contribution in [0.3, 0.4) is 0 Å². The van der Waals surface area contributed by atoms with Crippen LogP contribution in [0.4, 0.5) is 0 Å². The molecule has 1 heterocycles. The highest BCUT2D eigenvalue weighted by Crippen LogP contribution is 2.29. The lowest BCUT2D eigenvalue weighted by molar-refractivity contribution is 0.175. The summed E-state index contributed by atoms with van der Waals surface area (Å²) in [4.78, 5) is 0. The normalized spacial score (nSPS) is 15.2. The lowest BCUT2D eigenvalue weighted by atomic mass is 10.00. The molecule has 1 aliphatic rings. The predicted octanol–water partition coefficient (Wildman–Crippen LogP) is 3.40. The van der Waals surface area contributed by atoms with Crippen LogP contribution >= 0.6 is 11.6 Å². The van der Waals surface area contributed by atoms with Crippen molar-refractivity contribution >= 4 is 11.6 Å². The zero-order valence-corrected chi connectivity index (χ0v) is 13.3. The second kappa shape index (κ2) is 5.82. The molecular weight excluding hydrogens is 284 g/mol. The van der Waals surface area contributed by atoms with E-state index in [9.17, 15) is 5.11 Å². The second-order valence-electron chi connectivity index (χ2n) is 5.79. The van der Waals surface area contributed by atoms with Crippen LogP contribution in [0.5, 0.6) is 0 Å². The quantitative estimate of drug-likeness (QED) is 0.940. The molecule has 1 aromatic heterocycles. The monoisotopic (exact) mass is 304 g/mol. The Balaban J connectivity index is 1.83. The van der Waals surface area contributed by atoms with E-state index in [4.69, 9.17) is 11.6 Å². The Morgan fingerprint density at radius 2 is 2.10 bits per heavy atom. The Morgan fingerprint density at radius 3 is 2.81 bits per heavy atom. The summed E-state index contributed by atoms with van der Waals surface area (Å²) in [6.07, 6.45) is 4.29. The number of halogens is 1. The van der Waals surface area contributed by atoms with Gasteiger partial charge in [0.1, 0.15) is 0 Å². The van der Waals surface area contributed by atoms with Gasteiger partial charge in [-0.2, -0.15) is 5.10 Å². The molecule has 2 aromatic rings. The topological polar surface area (TPSA) is 38.0 Å². The third-order valence-corrected chi connectivity index (χ3v) is 4.83. The van der Waals surface area contributed by atoms with E-state index in [1.807, 2.05) is 20.0 Å². The van der Waals surface area contributed by atoms with Crippen molar-refractivity contribution in [3.05, 3.63) is 51.3 Å². The molecular formula is C17H21ClN2O. The number of aliphatic hydroxyl groups excluding tert-OH is 1. The van der Waals surface area contributed by atoms with Gasteiger partial charge in [0, 0.05) is 13.5 Å². The van der Waals surface area contributed by atoms with Gasteiger partial charge < -0.3 is 5.11 Å². The maximum Gasteiger partial charge on any atom is 0.0850 e. The van der Waals surface area contributed by atoms with E-state index in [0.29, 0.717) is 11.4 Å². The molecule has 0 saturated carbocycles. The largest absolute Gasteiger partial charge is 0.388 e. The van der Waals surface area contributed by atoms with E-state index in [0.717, 1.165) is 29.8 Å². The second-order valence-corrected chi connectivity index (χ2v) is 6.16. The lowest BCUT2D eigenvalue weighted by Crippen LogP contribution is -2.07. The molecule has 0 spiro atoms. The number of aryl methyl sites for hydroxylation is 4. The van der Waals surface area contributed by atoms with Crippen LogP contribution < -0.4 is 0 Å². The molecule has 0 bridgehead atoms. The van der Waals surface area contributed by atoms with E-state index in [2.05, 4.69) is 17.2 Å². The predicted molar refractivity (Wildman–Crippen MR) is 84.7 cm³/mol. The third kappa shape index (κ3) is 2.72. The molecule has 4 heteroatoms. The van der Waals surface area contributed by atoms with E-state index in [1.54, 1.807) is 4.68 Å². The van der Waals surface area contributed by atoms with Crippen molar-refractivity contribution in [2.24, 2.45) is 7.05 Å². The summed E-state index contributed by atoms with van der Waals surface area (Å²) in [6.45, 7) is 2.04. The van der Waals surface area contributed by atoms with Crippen LogP contribution in [0.25, 0.3) is 0 Å². The Morgan fingerprint density at radius 1 is 1.33 bits per heavy atom. The number of benzene rings is 1. The zero-order chi connectivity index (χ0) is 15.0. The summed E-state index contributed by atoms with van der Waals surface area (Å²) in [5.41, 5.74) is 5.59. The summed E-state index contributed by atoms with van der Waals surface area (Å²) in [5.74, 6) is 0. The number of aromatic nitrogens is 2. The minimum Gasteiger partial charge on any atom is -0.388 e. The van der Waals surface area contributed by atoms with E-state index >= 15 is 0 Å². The highest BCUT2D eigenvalue weighted by atomic mass is 35.5. The van der Waals surface area contributed by atoms with Crippen LogP contribution in [0, 0.1) is 0 Å². The van der Waals surface area contributed by atoms with Crippen LogP contribution in [0.2, 0.25) is 5.02 Å². The molecule has 1 aromatic carbocycles. The SMILES string of the molecule is CCc1nn(C)c(CC(O)c2ccc3c(c2)CCC3)c1Cl. The van der Waals surface area contributed by atoms with Gasteiger partial charge in [-0.05, 0) is 42.4 Å². The highest BCUT2D eigenvalue weighted by molar-refractivity contribution is 6.31. The maximum absolute atomic E-state index is 10.5. The summed E-state index contributed by atoms with van der Waals surface area (Å²) in [6, 6.07) is 6.35. The van der Waals surface area contributed by atoms with Crippen molar-refractivity contribution in [3.8, 4) is 0 Å². The van der Waals surface area contributed by atoms with Crippen molar-refractivity contribution < 1.29 is 5.11 Å². The fourth-order valence-corrected chi connectivity index (χ4v) is 3.51. The van der Waals surface area contributed by atoms with Gasteiger partial charge in [0.2, 0.25) is 0 Å². The number of fused-ring (bicyclic) bond motifs is 1. The molecule has 1 atom stereocenters. The molecule has 0 fully saturated rings. The average molecular weight is 305 g/mol. The van der Waals surface area contributed by atoms with Gasteiger partial charge in [0.25, 0.3) is 0 Å². The van der Waals surface area contributed by atoms with Crippen LogP contribution in [0.1, 0.15) is 47.5 Å². The Labute approximate surface area is 130 Å². The first-order valence-corrected chi connectivity index (χ1v) is 7.98. The minimum atomic E-state index is -0.534. The first-order chi connectivity index (χ1) is 10.1. The molecule has 112 valence electrons. The van der Waals surface area contributed by atoms with Crippen molar-refractivity contribution in [3.63, 3.8) is 0 Å². The molecule has 21 heavy (non-hydrogen) atoms. The fourth-order valence-electron chi connectivity index (χ4n) is 3.14. The van der Waals surface area contributed by atoms with Gasteiger partial charge in [-0.15, -0.1) is 0 Å². The Hall–Kier alpha value is -1.32. The van der Waals surface area contributed by atoms with Crippen LogP contribution in [-0.2, 0) is 32.7 Å². The molecule has 1 N–H and O–H groups in total. The van der Waals surface area contributed by atoms with Crippen LogP contribution in [0.15, 0.2) is 18.2 Å². The van der Waals surface area contributed by atoms with Gasteiger partial charge in [0.15, 0.2) is 0 Å². The van der Waals surface area contributed by atoms with E-state index in [1.165, 1.54) is 24.0 Å². The zero-order valence-electron chi connectivity index (χ0n) is 12.6. The molecule has 0 saturated heterocycles.